The predicted molar refractivity (Wildman–Crippen MR) is 78.7 cm³/mol. The Hall–Kier alpha value is -2.64. The van der Waals surface area contributed by atoms with Crippen LogP contribution in [0.4, 0.5) is 4.39 Å². The highest BCUT2D eigenvalue weighted by Gasteiger charge is 2.20. The second-order valence-electron chi connectivity index (χ2n) is 4.37. The lowest BCUT2D eigenvalue weighted by Gasteiger charge is -2.20. The number of rotatable bonds is 7. The molecule has 0 radical (unpaired) electrons. The maximum Gasteiger partial charge on any atom is 0.343 e. The Kier molecular flexibility index (Phi) is 7.52. The molecule has 120 valence electrons. The zero-order valence-corrected chi connectivity index (χ0v) is 12.8. The van der Waals surface area contributed by atoms with Gasteiger partial charge in [-0.2, -0.15) is 10.5 Å². The number of hydrogen-bond acceptors (Lipinski definition) is 5. The van der Waals surface area contributed by atoms with Crippen molar-refractivity contribution in [1.82, 2.24) is 4.90 Å². The number of amides is 1. The third-order valence-corrected chi connectivity index (χ3v) is 3.15. The highest BCUT2D eigenvalue weighted by molar-refractivity contribution is 6.33. The number of halogens is 2. The molecule has 1 aromatic carbocycles. The van der Waals surface area contributed by atoms with Crippen LogP contribution in [0.1, 0.15) is 23.2 Å². The summed E-state index contributed by atoms with van der Waals surface area (Å²) >= 11 is 5.73. The molecule has 8 heteroatoms. The molecule has 0 saturated heterocycles. The minimum absolute atomic E-state index is 0.0876. The predicted octanol–water partition coefficient (Wildman–Crippen LogP) is 2.29. The first-order valence-corrected chi connectivity index (χ1v) is 7.01. The molecule has 6 nitrogen and oxygen atoms in total. The molecule has 23 heavy (non-hydrogen) atoms. The van der Waals surface area contributed by atoms with E-state index in [9.17, 15) is 14.0 Å². The van der Waals surface area contributed by atoms with Gasteiger partial charge < -0.3 is 9.64 Å². The van der Waals surface area contributed by atoms with E-state index in [1.54, 1.807) is 0 Å². The Bertz CT molecular complexity index is 629. The minimum Gasteiger partial charge on any atom is -0.452 e. The zero-order valence-electron chi connectivity index (χ0n) is 12.1. The summed E-state index contributed by atoms with van der Waals surface area (Å²) in [6, 6.07) is 7.49. The standard InChI is InChI=1S/C15H13ClFN3O3/c16-11-4-1-5-12(17)14(11)15(22)23-10-13(21)20(8-2-6-18)9-3-7-19/h1,4-5H,2-3,8-10H2. The second-order valence-corrected chi connectivity index (χ2v) is 4.78. The molecular weight excluding hydrogens is 325 g/mol. The summed E-state index contributed by atoms with van der Waals surface area (Å²) in [4.78, 5) is 25.0. The van der Waals surface area contributed by atoms with E-state index >= 15 is 0 Å². The molecule has 0 N–H and O–H groups in total. The maximum absolute atomic E-state index is 13.6. The van der Waals surface area contributed by atoms with E-state index in [4.69, 9.17) is 26.9 Å². The number of nitriles is 2. The quantitative estimate of drug-likeness (QED) is 0.711. The Labute approximate surface area is 137 Å². The lowest BCUT2D eigenvalue weighted by molar-refractivity contribution is -0.134. The summed E-state index contributed by atoms with van der Waals surface area (Å²) in [7, 11) is 0. The smallest absolute Gasteiger partial charge is 0.343 e. The molecule has 1 aromatic rings. The van der Waals surface area contributed by atoms with Gasteiger partial charge in [0.15, 0.2) is 6.61 Å². The Balaban J connectivity index is 2.67. The van der Waals surface area contributed by atoms with E-state index in [0.717, 1.165) is 6.07 Å². The summed E-state index contributed by atoms with van der Waals surface area (Å²) in [5.74, 6) is -2.47. The van der Waals surface area contributed by atoms with Crippen LogP contribution in [0.15, 0.2) is 18.2 Å². The van der Waals surface area contributed by atoms with Crippen molar-refractivity contribution in [3.05, 3.63) is 34.6 Å². The van der Waals surface area contributed by atoms with Gasteiger partial charge in [-0.05, 0) is 12.1 Å². The fourth-order valence-electron chi connectivity index (χ4n) is 1.71. The maximum atomic E-state index is 13.6. The number of esters is 1. The van der Waals surface area contributed by atoms with Crippen LogP contribution in [-0.4, -0.2) is 36.5 Å². The second kappa shape index (κ2) is 9.39. The molecule has 0 fully saturated rings. The van der Waals surface area contributed by atoms with Crippen molar-refractivity contribution >= 4 is 23.5 Å². The van der Waals surface area contributed by atoms with E-state index in [-0.39, 0.29) is 31.0 Å². The number of benzene rings is 1. The number of hydrogen-bond donors (Lipinski definition) is 0. The highest BCUT2D eigenvalue weighted by Crippen LogP contribution is 2.19. The van der Waals surface area contributed by atoms with E-state index in [1.807, 2.05) is 12.1 Å². The molecule has 1 amide bonds. The molecule has 0 bridgehead atoms. The average molecular weight is 338 g/mol. The van der Waals surface area contributed by atoms with Crippen LogP contribution >= 0.6 is 11.6 Å². The lowest BCUT2D eigenvalue weighted by Crippen LogP contribution is -2.36. The van der Waals surface area contributed by atoms with Gasteiger partial charge >= 0.3 is 5.97 Å². The average Bonchev–Trinajstić information content (AvgIpc) is 2.52. The normalized spacial score (nSPS) is 9.57. The molecule has 0 spiro atoms. The van der Waals surface area contributed by atoms with Crippen molar-refractivity contribution in [2.24, 2.45) is 0 Å². The Morgan fingerprint density at radius 2 is 1.83 bits per heavy atom. The molecule has 0 aromatic heterocycles. The molecule has 0 heterocycles. The van der Waals surface area contributed by atoms with E-state index < -0.39 is 29.9 Å². The number of carbonyl (C=O) groups excluding carboxylic acids is 2. The third kappa shape index (κ3) is 5.57. The van der Waals surface area contributed by atoms with Gasteiger partial charge in [-0.1, -0.05) is 17.7 Å². The summed E-state index contributed by atoms with van der Waals surface area (Å²) < 4.78 is 18.3. The Morgan fingerprint density at radius 1 is 1.22 bits per heavy atom. The van der Waals surface area contributed by atoms with Crippen LogP contribution in [0.2, 0.25) is 5.02 Å². The summed E-state index contributed by atoms with van der Waals surface area (Å²) in [6.45, 7) is -0.385. The largest absolute Gasteiger partial charge is 0.452 e. The molecule has 0 aliphatic carbocycles. The van der Waals surface area contributed by atoms with Gasteiger partial charge in [-0.15, -0.1) is 0 Å². The number of carbonyl (C=O) groups is 2. The fraction of sp³-hybridized carbons (Fsp3) is 0.333. The van der Waals surface area contributed by atoms with Gasteiger partial charge in [-0.3, -0.25) is 4.79 Å². The summed E-state index contributed by atoms with van der Waals surface area (Å²) in [6.07, 6.45) is 0.175. The van der Waals surface area contributed by atoms with E-state index in [1.165, 1.54) is 17.0 Å². The molecule has 0 aliphatic rings. The van der Waals surface area contributed by atoms with Gasteiger partial charge in [0.05, 0.1) is 30.0 Å². The zero-order chi connectivity index (χ0) is 17.2. The molecule has 0 aliphatic heterocycles. The highest BCUT2D eigenvalue weighted by atomic mass is 35.5. The molecular formula is C15H13ClFN3O3. The van der Waals surface area contributed by atoms with Gasteiger partial charge in [0.2, 0.25) is 0 Å². The minimum atomic E-state index is -1.05. The first-order valence-electron chi connectivity index (χ1n) is 6.64. The van der Waals surface area contributed by atoms with E-state index in [0.29, 0.717) is 0 Å². The van der Waals surface area contributed by atoms with Crippen molar-refractivity contribution in [2.45, 2.75) is 12.8 Å². The first-order chi connectivity index (χ1) is 11.0. The molecule has 0 unspecified atom stereocenters. The number of ether oxygens (including phenoxy) is 1. The van der Waals surface area contributed by atoms with Crippen LogP contribution in [-0.2, 0) is 9.53 Å². The first kappa shape index (κ1) is 18.4. The SMILES string of the molecule is N#CCCN(CCC#N)C(=O)COC(=O)c1c(F)cccc1Cl. The van der Waals surface area contributed by atoms with E-state index in [2.05, 4.69) is 0 Å². The monoisotopic (exact) mass is 337 g/mol. The van der Waals surface area contributed by atoms with Gasteiger partial charge in [-0.25, -0.2) is 9.18 Å². The Morgan fingerprint density at radius 3 is 2.35 bits per heavy atom. The van der Waals surface area contributed by atoms with Crippen molar-refractivity contribution in [2.75, 3.05) is 19.7 Å². The van der Waals surface area contributed by atoms with Crippen molar-refractivity contribution < 1.29 is 18.7 Å². The number of nitrogens with zero attached hydrogens (tertiary/aromatic N) is 3. The summed E-state index contributed by atoms with van der Waals surface area (Å²) in [5.41, 5.74) is -0.442. The van der Waals surface area contributed by atoms with Crippen molar-refractivity contribution in [3.8, 4) is 12.1 Å². The van der Waals surface area contributed by atoms with Crippen molar-refractivity contribution in [1.29, 1.82) is 10.5 Å². The van der Waals surface area contributed by atoms with Crippen molar-refractivity contribution in [3.63, 3.8) is 0 Å². The topological polar surface area (TPSA) is 94.2 Å². The van der Waals surface area contributed by atoms with Crippen LogP contribution in [0.5, 0.6) is 0 Å². The fourth-order valence-corrected chi connectivity index (χ4v) is 1.95. The van der Waals surface area contributed by atoms with Gasteiger partial charge in [0, 0.05) is 13.1 Å². The van der Waals surface area contributed by atoms with Crippen LogP contribution in [0.25, 0.3) is 0 Å². The van der Waals surface area contributed by atoms with Crippen LogP contribution < -0.4 is 0 Å². The molecule has 0 atom stereocenters. The third-order valence-electron chi connectivity index (χ3n) is 2.83. The van der Waals surface area contributed by atoms with Crippen LogP contribution in [0, 0.1) is 28.5 Å². The lowest BCUT2D eigenvalue weighted by atomic mass is 10.2. The van der Waals surface area contributed by atoms with Gasteiger partial charge in [0.25, 0.3) is 5.91 Å². The molecule has 1 rings (SSSR count). The van der Waals surface area contributed by atoms with Crippen LogP contribution in [0.3, 0.4) is 0 Å². The van der Waals surface area contributed by atoms with Gasteiger partial charge in [0.1, 0.15) is 11.4 Å². The molecule has 0 saturated carbocycles. The summed E-state index contributed by atoms with van der Waals surface area (Å²) in [5, 5.41) is 17.0.